The molecule has 2 aromatic carbocycles. The van der Waals surface area contributed by atoms with Gasteiger partial charge in [-0.05, 0) is 34.5 Å². The lowest BCUT2D eigenvalue weighted by Gasteiger charge is -2.10. The molecular formula is C18H11ClN2O2. The molecule has 0 aliphatic heterocycles. The van der Waals surface area contributed by atoms with Gasteiger partial charge in [-0.25, -0.2) is 9.78 Å². The van der Waals surface area contributed by atoms with Gasteiger partial charge in [-0.1, -0.05) is 35.9 Å². The highest BCUT2D eigenvalue weighted by Gasteiger charge is 2.14. The predicted octanol–water partition coefficient (Wildman–Crippen LogP) is 4.21. The van der Waals surface area contributed by atoms with Gasteiger partial charge in [0.05, 0.1) is 18.2 Å². The third kappa shape index (κ3) is 2.63. The molecule has 0 spiro atoms. The van der Waals surface area contributed by atoms with Gasteiger partial charge in [0.25, 0.3) is 0 Å². The number of methoxy groups -OCH3 is 1. The molecule has 0 unspecified atom stereocenters. The van der Waals surface area contributed by atoms with Crippen molar-refractivity contribution in [1.29, 1.82) is 5.26 Å². The van der Waals surface area contributed by atoms with E-state index >= 15 is 0 Å². The van der Waals surface area contributed by atoms with Crippen molar-refractivity contribution in [3.63, 3.8) is 0 Å². The third-order valence-corrected chi connectivity index (χ3v) is 3.90. The number of benzene rings is 2. The van der Waals surface area contributed by atoms with Crippen LogP contribution < -0.4 is 0 Å². The second-order valence-electron chi connectivity index (χ2n) is 4.87. The Morgan fingerprint density at radius 2 is 2.04 bits per heavy atom. The average molecular weight is 323 g/mol. The predicted molar refractivity (Wildman–Crippen MR) is 88.2 cm³/mol. The zero-order valence-electron chi connectivity index (χ0n) is 12.2. The molecular weight excluding hydrogens is 312 g/mol. The highest BCUT2D eigenvalue weighted by Crippen LogP contribution is 2.33. The third-order valence-electron chi connectivity index (χ3n) is 3.61. The first-order valence-electron chi connectivity index (χ1n) is 6.81. The second kappa shape index (κ2) is 6.07. The summed E-state index contributed by atoms with van der Waals surface area (Å²) in [6.07, 6.45) is 1.56. The molecule has 0 N–H and O–H groups in total. The van der Waals surface area contributed by atoms with E-state index in [-0.39, 0.29) is 5.15 Å². The van der Waals surface area contributed by atoms with Crippen LogP contribution in [-0.4, -0.2) is 18.1 Å². The van der Waals surface area contributed by atoms with Crippen molar-refractivity contribution in [3.8, 4) is 17.2 Å². The Bertz CT molecular complexity index is 961. The van der Waals surface area contributed by atoms with Crippen molar-refractivity contribution in [1.82, 2.24) is 4.98 Å². The van der Waals surface area contributed by atoms with Crippen LogP contribution in [0.15, 0.2) is 48.7 Å². The van der Waals surface area contributed by atoms with E-state index in [4.69, 9.17) is 16.3 Å². The maximum Gasteiger partial charge on any atom is 0.337 e. The second-order valence-corrected chi connectivity index (χ2v) is 5.23. The van der Waals surface area contributed by atoms with E-state index in [0.29, 0.717) is 16.7 Å². The maximum absolute atomic E-state index is 11.8. The van der Waals surface area contributed by atoms with Crippen LogP contribution in [0, 0.1) is 11.3 Å². The number of esters is 1. The van der Waals surface area contributed by atoms with Crippen molar-refractivity contribution in [3.05, 3.63) is 64.9 Å². The standard InChI is InChI=1S/C18H11ClN2O2/c1-23-18(22)12-6-5-11-3-2-4-13(15(11)9-12)14-7-8-21-17(19)16(14)10-20/h2-9H,1H3. The molecule has 3 rings (SSSR count). The fourth-order valence-corrected chi connectivity index (χ4v) is 2.72. The lowest BCUT2D eigenvalue weighted by atomic mass is 9.95. The molecule has 0 aliphatic carbocycles. The van der Waals surface area contributed by atoms with Crippen LogP contribution in [0.1, 0.15) is 15.9 Å². The molecule has 0 bridgehead atoms. The summed E-state index contributed by atoms with van der Waals surface area (Å²) in [5.41, 5.74) is 2.26. The van der Waals surface area contributed by atoms with Gasteiger partial charge in [0, 0.05) is 11.8 Å². The Kier molecular flexibility index (Phi) is 3.96. The summed E-state index contributed by atoms with van der Waals surface area (Å²) in [6, 6.07) is 14.9. The number of hydrogen-bond acceptors (Lipinski definition) is 4. The number of carbonyl (C=O) groups excluding carboxylic acids is 1. The van der Waals surface area contributed by atoms with Crippen LogP contribution in [0.2, 0.25) is 5.15 Å². The highest BCUT2D eigenvalue weighted by molar-refractivity contribution is 6.31. The maximum atomic E-state index is 11.8. The van der Waals surface area contributed by atoms with E-state index in [9.17, 15) is 10.1 Å². The zero-order chi connectivity index (χ0) is 16.4. The van der Waals surface area contributed by atoms with E-state index in [1.807, 2.05) is 24.3 Å². The molecule has 0 saturated carbocycles. The van der Waals surface area contributed by atoms with Gasteiger partial charge in [0.2, 0.25) is 0 Å². The van der Waals surface area contributed by atoms with Crippen LogP contribution in [0.5, 0.6) is 0 Å². The Hall–Kier alpha value is -2.90. The summed E-state index contributed by atoms with van der Waals surface area (Å²) in [5.74, 6) is -0.407. The number of fused-ring (bicyclic) bond motifs is 1. The summed E-state index contributed by atoms with van der Waals surface area (Å²) < 4.78 is 4.77. The molecule has 1 heterocycles. The quantitative estimate of drug-likeness (QED) is 0.523. The minimum absolute atomic E-state index is 0.158. The van der Waals surface area contributed by atoms with E-state index in [2.05, 4.69) is 11.1 Å². The first-order chi connectivity index (χ1) is 11.2. The molecule has 5 heteroatoms. The summed E-state index contributed by atoms with van der Waals surface area (Å²) in [4.78, 5) is 15.7. The first-order valence-corrected chi connectivity index (χ1v) is 7.19. The fraction of sp³-hybridized carbons (Fsp3) is 0.0556. The van der Waals surface area contributed by atoms with Gasteiger partial charge in [-0.3, -0.25) is 0 Å². The molecule has 0 atom stereocenters. The van der Waals surface area contributed by atoms with Crippen molar-refractivity contribution >= 4 is 28.3 Å². The number of nitrogens with zero attached hydrogens (tertiary/aromatic N) is 2. The Labute approximate surface area is 137 Å². The van der Waals surface area contributed by atoms with Crippen molar-refractivity contribution in [2.45, 2.75) is 0 Å². The number of rotatable bonds is 2. The number of ether oxygens (including phenoxy) is 1. The molecule has 0 aliphatic rings. The molecule has 0 fully saturated rings. The SMILES string of the molecule is COC(=O)c1ccc2cccc(-c3ccnc(Cl)c3C#N)c2c1. The average Bonchev–Trinajstić information content (AvgIpc) is 2.59. The highest BCUT2D eigenvalue weighted by atomic mass is 35.5. The Balaban J connectivity index is 2.32. The number of carbonyl (C=O) groups is 1. The van der Waals surface area contributed by atoms with Gasteiger partial charge >= 0.3 is 5.97 Å². The first kappa shape index (κ1) is 15.0. The monoisotopic (exact) mass is 322 g/mol. The van der Waals surface area contributed by atoms with Crippen molar-refractivity contribution in [2.75, 3.05) is 7.11 Å². The van der Waals surface area contributed by atoms with Gasteiger partial charge < -0.3 is 4.74 Å². The van der Waals surface area contributed by atoms with Crippen molar-refractivity contribution < 1.29 is 9.53 Å². The smallest absolute Gasteiger partial charge is 0.337 e. The largest absolute Gasteiger partial charge is 0.465 e. The number of hydrogen-bond donors (Lipinski definition) is 0. The van der Waals surface area contributed by atoms with Crippen LogP contribution >= 0.6 is 11.6 Å². The normalized spacial score (nSPS) is 10.3. The Morgan fingerprint density at radius 3 is 2.78 bits per heavy atom. The number of pyridine rings is 1. The van der Waals surface area contributed by atoms with Crippen LogP contribution in [-0.2, 0) is 4.74 Å². The lowest BCUT2D eigenvalue weighted by Crippen LogP contribution is -2.00. The topological polar surface area (TPSA) is 63.0 Å². The van der Waals surface area contributed by atoms with E-state index in [0.717, 1.165) is 16.3 Å². The van der Waals surface area contributed by atoms with Gasteiger partial charge in [0.15, 0.2) is 0 Å². The van der Waals surface area contributed by atoms with E-state index < -0.39 is 5.97 Å². The van der Waals surface area contributed by atoms with Gasteiger partial charge in [0.1, 0.15) is 11.2 Å². The number of nitriles is 1. The van der Waals surface area contributed by atoms with Crippen LogP contribution in [0.4, 0.5) is 0 Å². The van der Waals surface area contributed by atoms with Crippen LogP contribution in [0.25, 0.3) is 21.9 Å². The minimum Gasteiger partial charge on any atom is -0.465 e. The Morgan fingerprint density at radius 1 is 1.22 bits per heavy atom. The molecule has 0 radical (unpaired) electrons. The molecule has 0 amide bonds. The fourth-order valence-electron chi connectivity index (χ4n) is 2.52. The zero-order valence-corrected chi connectivity index (χ0v) is 13.0. The summed E-state index contributed by atoms with van der Waals surface area (Å²) >= 11 is 6.03. The van der Waals surface area contributed by atoms with Crippen molar-refractivity contribution in [2.24, 2.45) is 0 Å². The molecule has 0 saturated heterocycles. The molecule has 112 valence electrons. The van der Waals surface area contributed by atoms with E-state index in [1.54, 1.807) is 24.4 Å². The summed E-state index contributed by atoms with van der Waals surface area (Å²) in [5, 5.41) is 11.3. The molecule has 23 heavy (non-hydrogen) atoms. The summed E-state index contributed by atoms with van der Waals surface area (Å²) in [7, 11) is 1.34. The lowest BCUT2D eigenvalue weighted by molar-refractivity contribution is 0.0601. The van der Waals surface area contributed by atoms with Gasteiger partial charge in [-0.15, -0.1) is 0 Å². The van der Waals surface area contributed by atoms with E-state index in [1.165, 1.54) is 7.11 Å². The summed E-state index contributed by atoms with van der Waals surface area (Å²) in [6.45, 7) is 0. The van der Waals surface area contributed by atoms with Gasteiger partial charge in [-0.2, -0.15) is 5.26 Å². The number of halogens is 1. The number of aromatic nitrogens is 1. The van der Waals surface area contributed by atoms with Crippen LogP contribution in [0.3, 0.4) is 0 Å². The molecule has 4 nitrogen and oxygen atoms in total. The minimum atomic E-state index is -0.407. The molecule has 1 aromatic heterocycles. The molecule has 3 aromatic rings.